The highest BCUT2D eigenvalue weighted by Gasteiger charge is 2.30. The predicted octanol–water partition coefficient (Wildman–Crippen LogP) is 11.1. The molecule has 0 saturated carbocycles. The number of amides is 13. The number of halogens is 10. The molecule has 46 heteroatoms. The lowest BCUT2D eigenvalue weighted by molar-refractivity contribution is -0.129. The Morgan fingerprint density at radius 1 is 0.281 bits per heavy atom. The van der Waals surface area contributed by atoms with Crippen molar-refractivity contribution < 1.29 is 81.3 Å². The summed E-state index contributed by atoms with van der Waals surface area (Å²) in [6.07, 6.45) is 12.3. The summed E-state index contributed by atoms with van der Waals surface area (Å²) in [5.74, 6) is -4.24. The van der Waals surface area contributed by atoms with Crippen molar-refractivity contribution in [2.75, 3.05) is 118 Å². The largest absolute Gasteiger partial charge is 0.445 e. The standard InChI is InChI=1S/C93H145Cl4N19O17.6ClH/c1-2-3-4-5-6-7-8-9-10-27-50-106-89(125)80(116(62-44-83(119)104-53-57-109-87(123)78(39-21-25-48-100)113-92(128)132-66-70-31-13-17-35-74(70)96)63-45-84(120)105-54-58-110-88(124)79(40-22-26-49-101)114-93(129)133-67-71-32-14-18-36-75(71)97)41-28-59-115(60-42-81(117)102-51-55-107-85(121)76(37-19-23-46-98)111-90(126)130-64-68-29-11-15-33-72(68)94)61-43-82(118)103-52-56-108-86(122)77(38-20-24-47-99)112-91(127)131-65-69-30-12-16-34-73(69)95;;;;;;/h11-18,29-36,76-80H,2-10,19-28,37-67,98-101H2,1H3,(H,102,117)(H,103,118)(H,104,119)(H,105,120)(H,106,125)(H,107,121)(H,108,122)(H,109,123)(H,110,124)(H,111,126)(H,112,127)(H,113,128)(H,114,129);6*1H/t76-,77-,78-,79-,80-;;;;;;/m0....../s1. The fourth-order valence-electron chi connectivity index (χ4n) is 13.9. The van der Waals surface area contributed by atoms with Crippen LogP contribution in [-0.4, -0.2) is 235 Å². The lowest BCUT2D eigenvalue weighted by Gasteiger charge is -2.31. The van der Waals surface area contributed by atoms with Crippen LogP contribution < -0.4 is 92.1 Å². The highest BCUT2D eigenvalue weighted by atomic mass is 35.5. The number of hydrogen-bond acceptors (Lipinski definition) is 23. The number of benzene rings is 4. The number of nitrogens with one attached hydrogen (secondary N) is 13. The molecule has 0 fully saturated rings. The minimum Gasteiger partial charge on any atom is -0.445 e. The third-order valence-corrected chi connectivity index (χ3v) is 23.0. The quantitative estimate of drug-likeness (QED) is 0.0144. The van der Waals surface area contributed by atoms with Crippen LogP contribution in [0.3, 0.4) is 0 Å². The molecule has 36 nitrogen and oxygen atoms in total. The summed E-state index contributed by atoms with van der Waals surface area (Å²) in [7, 11) is 0. The second-order valence-corrected chi connectivity index (χ2v) is 33.8. The zero-order valence-corrected chi connectivity index (χ0v) is 87.5. The lowest BCUT2D eigenvalue weighted by atomic mass is 10.1. The molecular weight excluding hydrogens is 2010 g/mol. The van der Waals surface area contributed by atoms with Gasteiger partial charge in [-0.25, -0.2) is 19.2 Å². The Morgan fingerprint density at radius 3 is 0.791 bits per heavy atom. The van der Waals surface area contributed by atoms with Crippen molar-refractivity contribution >= 4 is 198 Å². The third kappa shape index (κ3) is 63.5. The number of ether oxygens (including phenoxy) is 4. The van der Waals surface area contributed by atoms with E-state index in [0.29, 0.717) is 133 Å². The van der Waals surface area contributed by atoms with Crippen molar-refractivity contribution in [3.05, 3.63) is 139 Å². The van der Waals surface area contributed by atoms with E-state index in [4.69, 9.17) is 88.3 Å². The number of alkyl carbamates (subject to hydrolysis) is 4. The highest BCUT2D eigenvalue weighted by Crippen LogP contribution is 2.22. The second kappa shape index (κ2) is 85.4. The molecule has 13 amide bonds. The fraction of sp³-hybridized carbons (Fsp3) is 0.602. The van der Waals surface area contributed by atoms with E-state index < -0.39 is 102 Å². The molecule has 0 aliphatic heterocycles. The number of unbranched alkanes of at least 4 members (excludes halogenated alkanes) is 13. The van der Waals surface area contributed by atoms with Gasteiger partial charge in [0.25, 0.3) is 0 Å². The van der Waals surface area contributed by atoms with Crippen molar-refractivity contribution in [3.63, 3.8) is 0 Å². The van der Waals surface area contributed by atoms with Gasteiger partial charge in [0.05, 0.1) is 6.04 Å². The highest BCUT2D eigenvalue weighted by molar-refractivity contribution is 6.32. The first-order valence-electron chi connectivity index (χ1n) is 46.8. The molecule has 0 bridgehead atoms. The van der Waals surface area contributed by atoms with Crippen molar-refractivity contribution in [1.82, 2.24) is 78.9 Å². The first kappa shape index (κ1) is 135. The summed E-state index contributed by atoms with van der Waals surface area (Å²) in [6.45, 7) is 3.39. The van der Waals surface area contributed by atoms with Crippen molar-refractivity contribution in [3.8, 4) is 0 Å². The van der Waals surface area contributed by atoms with Gasteiger partial charge in [0.2, 0.25) is 53.2 Å². The summed E-state index contributed by atoms with van der Waals surface area (Å²) in [5, 5.41) is 37.7. The van der Waals surface area contributed by atoms with Crippen LogP contribution in [0.4, 0.5) is 19.2 Å². The molecule has 790 valence electrons. The van der Waals surface area contributed by atoms with Crippen LogP contribution in [0.2, 0.25) is 20.1 Å². The molecule has 0 aliphatic rings. The van der Waals surface area contributed by atoms with Gasteiger partial charge < -0.3 is 116 Å². The molecule has 4 aromatic rings. The van der Waals surface area contributed by atoms with Crippen LogP contribution in [-0.2, 0) is 88.5 Å². The Labute approximate surface area is 875 Å². The SMILES string of the molecule is CCCCCCCCCCCCNC(=O)[C@H](CCCN(CCC(=O)NCCNC(=O)[C@H](CCCCN)NC(=O)OCc1ccccc1Cl)CCC(=O)NCCNC(=O)[C@H](CCCCN)NC(=O)OCc1ccccc1Cl)N(CCC(=O)NCCNC(=O)[C@H](CCCCN)NC(=O)OCc1ccccc1Cl)CCC(=O)NCCNC(=O)[C@H](CCCCN)NC(=O)OCc1ccccc1Cl.Cl.Cl.Cl.Cl.Cl.Cl. The first-order chi connectivity index (χ1) is 64.4. The Morgan fingerprint density at radius 2 is 0.525 bits per heavy atom. The maximum atomic E-state index is 15.1. The van der Waals surface area contributed by atoms with Crippen molar-refractivity contribution in [1.29, 1.82) is 0 Å². The van der Waals surface area contributed by atoms with Crippen molar-refractivity contribution in [2.45, 2.75) is 243 Å². The monoisotopic (exact) mass is 2160 g/mol. The van der Waals surface area contributed by atoms with Gasteiger partial charge in [-0.05, 0) is 153 Å². The maximum Gasteiger partial charge on any atom is 0.408 e. The summed E-state index contributed by atoms with van der Waals surface area (Å²) < 4.78 is 21.6. The summed E-state index contributed by atoms with van der Waals surface area (Å²) in [4.78, 5) is 181. The minimum absolute atomic E-state index is 0. The van der Waals surface area contributed by atoms with Gasteiger partial charge in [-0.1, -0.05) is 184 Å². The number of carbonyl (C=O) groups excluding carboxylic acids is 13. The van der Waals surface area contributed by atoms with Gasteiger partial charge in [-0.3, -0.25) is 48.1 Å². The van der Waals surface area contributed by atoms with Gasteiger partial charge in [-0.2, -0.15) is 0 Å². The zero-order valence-electron chi connectivity index (χ0n) is 79.6. The van der Waals surface area contributed by atoms with Crippen LogP contribution in [0.15, 0.2) is 97.1 Å². The van der Waals surface area contributed by atoms with E-state index in [1.165, 1.54) is 19.3 Å². The second-order valence-electron chi connectivity index (χ2n) is 32.2. The van der Waals surface area contributed by atoms with Gasteiger partial charge >= 0.3 is 24.4 Å². The minimum atomic E-state index is -1.01. The number of hydrogen-bond donors (Lipinski definition) is 17. The third-order valence-electron chi connectivity index (χ3n) is 21.6. The van der Waals surface area contributed by atoms with Gasteiger partial charge in [-0.15, -0.1) is 74.4 Å². The molecule has 0 heterocycles. The zero-order chi connectivity index (χ0) is 96.9. The molecule has 21 N–H and O–H groups in total. The molecule has 0 unspecified atom stereocenters. The molecule has 4 rings (SSSR count). The van der Waals surface area contributed by atoms with Crippen LogP contribution >= 0.6 is 121 Å². The average Bonchev–Trinajstić information content (AvgIpc) is 0.881. The number of rotatable bonds is 73. The predicted molar refractivity (Wildman–Crippen MR) is 558 cm³/mol. The number of carbonyl (C=O) groups is 13. The van der Waals surface area contributed by atoms with E-state index in [-0.39, 0.29) is 256 Å². The summed E-state index contributed by atoms with van der Waals surface area (Å²) >= 11 is 25.1. The number of nitrogens with two attached hydrogens (primary N) is 4. The Hall–Kier alpha value is -8.15. The molecule has 0 aromatic heterocycles. The Bertz CT molecular complexity index is 3890. The maximum absolute atomic E-state index is 15.1. The topological polar surface area (TPSA) is 526 Å². The average molecular weight is 2160 g/mol. The molecule has 5 atom stereocenters. The molecule has 0 spiro atoms. The fourth-order valence-corrected chi connectivity index (χ4v) is 14.7. The Kier molecular flexibility index (Phi) is 83.0. The smallest absolute Gasteiger partial charge is 0.408 e. The molecule has 0 aliphatic carbocycles. The van der Waals surface area contributed by atoms with E-state index in [2.05, 4.69) is 76.0 Å². The Balaban J connectivity index is -0.0000308. The van der Waals surface area contributed by atoms with E-state index in [9.17, 15) is 57.5 Å². The molecule has 4 aromatic carbocycles. The summed E-state index contributed by atoms with van der Waals surface area (Å²) in [5.41, 5.74) is 25.3. The van der Waals surface area contributed by atoms with E-state index in [0.717, 1.165) is 38.5 Å². The van der Waals surface area contributed by atoms with Gasteiger partial charge in [0.15, 0.2) is 0 Å². The van der Waals surface area contributed by atoms with Crippen molar-refractivity contribution in [2.24, 2.45) is 22.9 Å². The molecular formula is C93H151Cl10N19O17. The molecule has 139 heavy (non-hydrogen) atoms. The van der Waals surface area contributed by atoms with Gasteiger partial charge in [0, 0.05) is 153 Å². The van der Waals surface area contributed by atoms with Crippen LogP contribution in [0, 0.1) is 0 Å². The lowest BCUT2D eigenvalue weighted by Crippen LogP contribution is -2.50. The molecule has 0 radical (unpaired) electrons. The van der Waals surface area contributed by atoms with E-state index >= 15 is 4.79 Å². The first-order valence-corrected chi connectivity index (χ1v) is 48.3. The van der Waals surface area contributed by atoms with Crippen LogP contribution in [0.5, 0.6) is 0 Å². The van der Waals surface area contributed by atoms with E-state index in [1.807, 2.05) is 4.90 Å². The normalized spacial score (nSPS) is 11.6. The number of nitrogens with zero attached hydrogens (tertiary/aromatic N) is 2. The van der Waals surface area contributed by atoms with Gasteiger partial charge in [0.1, 0.15) is 50.6 Å². The van der Waals surface area contributed by atoms with Crippen LogP contribution in [0.1, 0.15) is 209 Å². The summed E-state index contributed by atoms with van der Waals surface area (Å²) in [6, 6.07) is 22.4. The van der Waals surface area contributed by atoms with Crippen LogP contribution in [0.25, 0.3) is 0 Å². The van der Waals surface area contributed by atoms with E-state index in [1.54, 1.807) is 102 Å². The molecule has 0 saturated heterocycles.